The van der Waals surface area contributed by atoms with Gasteiger partial charge in [-0.15, -0.1) is 0 Å². The zero-order valence-corrected chi connectivity index (χ0v) is 27.4. The minimum Gasteiger partial charge on any atom is -0.376 e. The Morgan fingerprint density at radius 3 is 1.76 bits per heavy atom. The van der Waals surface area contributed by atoms with Crippen molar-refractivity contribution in [3.05, 3.63) is 193 Å². The molecule has 7 aromatic rings. The third kappa shape index (κ3) is 4.68. The van der Waals surface area contributed by atoms with Crippen LogP contribution >= 0.6 is 0 Å². The number of hydrogen-bond donors (Lipinski definition) is 0. The van der Waals surface area contributed by atoms with E-state index >= 15 is 0 Å². The molecule has 0 bridgehead atoms. The van der Waals surface area contributed by atoms with E-state index in [2.05, 4.69) is 154 Å². The first kappa shape index (κ1) is 28.7. The lowest BCUT2D eigenvalue weighted by Crippen LogP contribution is -2.62. The highest BCUT2D eigenvalue weighted by atomic mass is 15.1. The van der Waals surface area contributed by atoms with E-state index < -0.39 is 0 Å². The van der Waals surface area contributed by atoms with Gasteiger partial charge in [0.05, 0.1) is 0 Å². The van der Waals surface area contributed by atoms with Gasteiger partial charge in [0.15, 0.2) is 0 Å². The molecule has 0 amide bonds. The van der Waals surface area contributed by atoms with Gasteiger partial charge >= 0.3 is 6.85 Å². The maximum atomic E-state index is 4.31. The van der Waals surface area contributed by atoms with E-state index in [1.165, 1.54) is 72.4 Å². The molecular weight excluding hydrogens is 605 g/mol. The van der Waals surface area contributed by atoms with Crippen LogP contribution in [-0.4, -0.2) is 16.8 Å². The van der Waals surface area contributed by atoms with Crippen LogP contribution in [0.3, 0.4) is 0 Å². The predicted octanol–water partition coefficient (Wildman–Crippen LogP) is 9.54. The normalized spacial score (nSPS) is 15.5. The molecule has 3 aliphatic rings. The van der Waals surface area contributed by atoms with Gasteiger partial charge in [-0.05, 0) is 91.7 Å². The van der Waals surface area contributed by atoms with Crippen LogP contribution in [0.1, 0.15) is 23.5 Å². The fourth-order valence-corrected chi connectivity index (χ4v) is 8.19. The Labute approximate surface area is 293 Å². The van der Waals surface area contributed by atoms with Crippen LogP contribution in [0.5, 0.6) is 0 Å². The van der Waals surface area contributed by atoms with Crippen molar-refractivity contribution in [2.45, 2.75) is 12.3 Å². The third-order valence-electron chi connectivity index (χ3n) is 10.6. The Hall–Kier alpha value is -6.26. The van der Waals surface area contributed by atoms with Gasteiger partial charge in [0.2, 0.25) is 0 Å². The second kappa shape index (κ2) is 11.7. The summed E-state index contributed by atoms with van der Waals surface area (Å²) in [5.41, 5.74) is 18.9. The van der Waals surface area contributed by atoms with Crippen LogP contribution < -0.4 is 15.7 Å². The SMILES string of the molecule is C1=C2C(=CCC1c1ccc(-c3cccnc3)cc1)N1B(c3ccccc32)c2ccccc2-c2cc(-c3ccc(-c4cccnc4)cc3)ccc21. The highest BCUT2D eigenvalue weighted by Crippen LogP contribution is 2.47. The summed E-state index contributed by atoms with van der Waals surface area (Å²) >= 11 is 0. The molecule has 0 radical (unpaired) electrons. The van der Waals surface area contributed by atoms with Gasteiger partial charge in [0.1, 0.15) is 0 Å². The molecule has 234 valence electrons. The van der Waals surface area contributed by atoms with E-state index in [9.17, 15) is 0 Å². The molecule has 10 rings (SSSR count). The summed E-state index contributed by atoms with van der Waals surface area (Å²) in [6, 6.07) is 51.2. The first-order chi connectivity index (χ1) is 24.8. The molecule has 0 spiro atoms. The molecule has 3 nitrogen and oxygen atoms in total. The van der Waals surface area contributed by atoms with Gasteiger partial charge in [-0.1, -0.05) is 127 Å². The smallest absolute Gasteiger partial charge is 0.329 e. The average Bonchev–Trinajstić information content (AvgIpc) is 3.21. The first-order valence-electron chi connectivity index (χ1n) is 17.4. The van der Waals surface area contributed by atoms with E-state index in [0.29, 0.717) is 5.92 Å². The van der Waals surface area contributed by atoms with Crippen molar-refractivity contribution >= 4 is 29.0 Å². The van der Waals surface area contributed by atoms with Gasteiger partial charge in [-0.25, -0.2) is 0 Å². The first-order valence-corrected chi connectivity index (χ1v) is 17.4. The topological polar surface area (TPSA) is 29.0 Å². The standard InChI is InChI=1S/C46H32BN3/c1-3-11-43-39(9-1)41-27-35(31-13-17-33(18-14-31)37-7-5-25-48-29-37)21-23-45(41)50-46-24-22-36(28-42(46)40-10-2-4-12-44(40)47(43)50)32-15-19-34(20-16-32)38-8-6-26-49-30-38/h1-21,23-30,36H,22H2. The zero-order valence-electron chi connectivity index (χ0n) is 27.4. The molecule has 0 saturated carbocycles. The molecule has 4 heteroatoms. The van der Waals surface area contributed by atoms with Gasteiger partial charge < -0.3 is 4.81 Å². The third-order valence-corrected chi connectivity index (χ3v) is 10.6. The molecule has 2 aromatic heterocycles. The Balaban J connectivity index is 1.06. The summed E-state index contributed by atoms with van der Waals surface area (Å²) < 4.78 is 0. The second-order valence-electron chi connectivity index (χ2n) is 13.4. The number of nitrogens with zero attached hydrogens (tertiary/aromatic N) is 3. The van der Waals surface area contributed by atoms with Gasteiger partial charge in [0, 0.05) is 53.2 Å². The summed E-state index contributed by atoms with van der Waals surface area (Å²) in [6.45, 7) is 0.109. The lowest BCUT2D eigenvalue weighted by Gasteiger charge is -2.46. The molecule has 5 aromatic carbocycles. The van der Waals surface area contributed by atoms with Crippen molar-refractivity contribution < 1.29 is 0 Å². The largest absolute Gasteiger partial charge is 0.376 e. The van der Waals surface area contributed by atoms with Crippen LogP contribution in [0.25, 0.3) is 50.1 Å². The molecule has 1 aliphatic carbocycles. The van der Waals surface area contributed by atoms with E-state index in [1.807, 2.05) is 36.9 Å². The fraction of sp³-hybridized carbons (Fsp3) is 0.0435. The Kier molecular flexibility index (Phi) is 6.73. The maximum Gasteiger partial charge on any atom is 0.329 e. The number of fused-ring (bicyclic) bond motifs is 11. The average molecular weight is 638 g/mol. The van der Waals surface area contributed by atoms with E-state index in [-0.39, 0.29) is 6.85 Å². The van der Waals surface area contributed by atoms with Crippen LogP contribution in [0.4, 0.5) is 5.69 Å². The summed E-state index contributed by atoms with van der Waals surface area (Å²) in [6.07, 6.45) is 13.4. The van der Waals surface area contributed by atoms with Crippen LogP contribution in [-0.2, 0) is 0 Å². The minimum atomic E-state index is 0.109. The minimum absolute atomic E-state index is 0.109. The summed E-state index contributed by atoms with van der Waals surface area (Å²) in [5.74, 6) is 0.301. The van der Waals surface area contributed by atoms with Crippen molar-refractivity contribution in [3.8, 4) is 44.5 Å². The monoisotopic (exact) mass is 637 g/mol. The van der Waals surface area contributed by atoms with Gasteiger partial charge in [-0.2, -0.15) is 0 Å². The maximum absolute atomic E-state index is 4.31. The Morgan fingerprint density at radius 2 is 1.10 bits per heavy atom. The van der Waals surface area contributed by atoms with Crippen molar-refractivity contribution in [1.29, 1.82) is 0 Å². The molecule has 1 atom stereocenters. The molecule has 2 aliphatic heterocycles. The van der Waals surface area contributed by atoms with Gasteiger partial charge in [0.25, 0.3) is 0 Å². The highest BCUT2D eigenvalue weighted by molar-refractivity contribution is 6.91. The van der Waals surface area contributed by atoms with Gasteiger partial charge in [-0.3, -0.25) is 9.97 Å². The molecule has 0 N–H and O–H groups in total. The molecule has 4 heterocycles. The molecule has 0 fully saturated rings. The van der Waals surface area contributed by atoms with Crippen molar-refractivity contribution in [2.24, 2.45) is 0 Å². The number of hydrogen-bond acceptors (Lipinski definition) is 3. The lowest BCUT2D eigenvalue weighted by atomic mass is 9.42. The number of rotatable bonds is 4. The number of pyridine rings is 2. The number of benzene rings is 5. The number of aromatic nitrogens is 2. The molecular formula is C46H32BN3. The zero-order chi connectivity index (χ0) is 33.0. The van der Waals surface area contributed by atoms with Crippen LogP contribution in [0.15, 0.2) is 182 Å². The van der Waals surface area contributed by atoms with E-state index in [4.69, 9.17) is 0 Å². The van der Waals surface area contributed by atoms with Crippen molar-refractivity contribution in [1.82, 2.24) is 9.97 Å². The molecule has 0 saturated heterocycles. The van der Waals surface area contributed by atoms with Crippen molar-refractivity contribution in [3.63, 3.8) is 0 Å². The second-order valence-corrected chi connectivity index (χ2v) is 13.4. The number of allylic oxidation sites excluding steroid dienone is 3. The van der Waals surface area contributed by atoms with E-state index in [1.54, 1.807) is 0 Å². The van der Waals surface area contributed by atoms with E-state index in [0.717, 1.165) is 17.5 Å². The highest BCUT2D eigenvalue weighted by Gasteiger charge is 2.44. The summed E-state index contributed by atoms with van der Waals surface area (Å²) in [7, 11) is 0. The number of anilines is 1. The molecule has 50 heavy (non-hydrogen) atoms. The summed E-state index contributed by atoms with van der Waals surface area (Å²) in [5, 5.41) is 0. The molecule has 1 unspecified atom stereocenters. The quantitative estimate of drug-likeness (QED) is 0.180. The predicted molar refractivity (Wildman–Crippen MR) is 208 cm³/mol. The van der Waals surface area contributed by atoms with Crippen LogP contribution in [0, 0.1) is 0 Å². The summed E-state index contributed by atoms with van der Waals surface area (Å²) in [4.78, 5) is 11.2. The lowest BCUT2D eigenvalue weighted by molar-refractivity contribution is 0.846. The van der Waals surface area contributed by atoms with Crippen molar-refractivity contribution in [2.75, 3.05) is 4.81 Å². The van der Waals surface area contributed by atoms with Crippen LogP contribution in [0.2, 0.25) is 0 Å². The Morgan fingerprint density at radius 1 is 0.520 bits per heavy atom. The Bertz CT molecular complexity index is 2450. The fourth-order valence-electron chi connectivity index (χ4n) is 8.19.